The third-order valence-corrected chi connectivity index (χ3v) is 3.49. The van der Waals surface area contributed by atoms with Crippen molar-refractivity contribution < 1.29 is 19.4 Å². The molecule has 0 bridgehead atoms. The quantitative estimate of drug-likeness (QED) is 0.586. The lowest BCUT2D eigenvalue weighted by molar-refractivity contribution is -0.136. The zero-order chi connectivity index (χ0) is 14.3. The molecule has 1 rings (SSSR count). The van der Waals surface area contributed by atoms with Crippen LogP contribution >= 0.6 is 11.8 Å². The van der Waals surface area contributed by atoms with Gasteiger partial charge >= 0.3 is 5.97 Å². The maximum absolute atomic E-state index is 11.4. The summed E-state index contributed by atoms with van der Waals surface area (Å²) in [4.78, 5) is 21.8. The topological polar surface area (TPSA) is 63.6 Å². The number of ether oxygens (including phenoxy) is 1. The molecule has 0 amide bonds. The first kappa shape index (κ1) is 15.6. The van der Waals surface area contributed by atoms with Crippen LogP contribution < -0.4 is 4.74 Å². The van der Waals surface area contributed by atoms with Crippen molar-refractivity contribution in [2.75, 3.05) is 12.4 Å². The van der Waals surface area contributed by atoms with Crippen LogP contribution in [0.2, 0.25) is 0 Å². The number of ketones is 1. The van der Waals surface area contributed by atoms with Crippen LogP contribution in [0.15, 0.2) is 18.2 Å². The number of Topliss-reactive ketones (excluding diaryl/α,β-unsaturated/α-hetero) is 1. The van der Waals surface area contributed by atoms with Crippen molar-refractivity contribution in [2.45, 2.75) is 26.0 Å². The van der Waals surface area contributed by atoms with Crippen LogP contribution in [0.4, 0.5) is 0 Å². The molecule has 0 aliphatic rings. The highest BCUT2D eigenvalue weighted by Gasteiger charge is 2.08. The number of hydrogen-bond donors (Lipinski definition) is 1. The largest absolute Gasteiger partial charge is 0.494 e. The van der Waals surface area contributed by atoms with E-state index < -0.39 is 5.97 Å². The van der Waals surface area contributed by atoms with Gasteiger partial charge in [-0.2, -0.15) is 11.8 Å². The van der Waals surface area contributed by atoms with E-state index in [1.165, 1.54) is 18.7 Å². The molecule has 0 saturated heterocycles. The van der Waals surface area contributed by atoms with Gasteiger partial charge in [-0.15, -0.1) is 0 Å². The summed E-state index contributed by atoms with van der Waals surface area (Å²) in [5.41, 5.74) is 1.59. The zero-order valence-electron chi connectivity index (χ0n) is 11.1. The molecular weight excluding hydrogens is 264 g/mol. The summed E-state index contributed by atoms with van der Waals surface area (Å²) in [6.07, 6.45) is 0.140. The summed E-state index contributed by atoms with van der Waals surface area (Å²) in [5, 5.41) is 8.58. The van der Waals surface area contributed by atoms with Crippen LogP contribution in [0.5, 0.6) is 5.75 Å². The first-order valence-corrected chi connectivity index (χ1v) is 7.26. The summed E-state index contributed by atoms with van der Waals surface area (Å²) in [7, 11) is 0. The smallest absolute Gasteiger partial charge is 0.304 e. The SMILES string of the molecule is CCOc1ccc(C(C)=O)cc1CSCCC(=O)O. The van der Waals surface area contributed by atoms with Crippen molar-refractivity contribution in [3.8, 4) is 5.75 Å². The molecule has 0 unspecified atom stereocenters. The van der Waals surface area contributed by atoms with E-state index in [1.54, 1.807) is 12.1 Å². The molecule has 104 valence electrons. The fourth-order valence-corrected chi connectivity index (χ4v) is 2.46. The van der Waals surface area contributed by atoms with Crippen LogP contribution in [0, 0.1) is 0 Å². The van der Waals surface area contributed by atoms with Gasteiger partial charge in [-0.25, -0.2) is 0 Å². The third kappa shape index (κ3) is 5.34. The zero-order valence-corrected chi connectivity index (χ0v) is 12.0. The van der Waals surface area contributed by atoms with Gasteiger partial charge in [0.2, 0.25) is 0 Å². The Hall–Kier alpha value is -1.49. The van der Waals surface area contributed by atoms with E-state index in [9.17, 15) is 9.59 Å². The van der Waals surface area contributed by atoms with E-state index >= 15 is 0 Å². The van der Waals surface area contributed by atoms with E-state index in [0.717, 1.165) is 11.3 Å². The Morgan fingerprint density at radius 1 is 1.37 bits per heavy atom. The number of hydrogen-bond acceptors (Lipinski definition) is 4. The second-order valence-electron chi connectivity index (χ2n) is 4.01. The average molecular weight is 282 g/mol. The van der Waals surface area contributed by atoms with Gasteiger partial charge in [0.15, 0.2) is 5.78 Å². The van der Waals surface area contributed by atoms with E-state index in [-0.39, 0.29) is 12.2 Å². The minimum absolute atomic E-state index is 0.0137. The average Bonchev–Trinajstić information content (AvgIpc) is 2.36. The molecule has 4 nitrogen and oxygen atoms in total. The van der Waals surface area contributed by atoms with E-state index in [2.05, 4.69) is 0 Å². The highest BCUT2D eigenvalue weighted by molar-refractivity contribution is 7.98. The van der Waals surface area contributed by atoms with Gasteiger partial charge in [0.1, 0.15) is 5.75 Å². The number of carbonyl (C=O) groups is 2. The van der Waals surface area contributed by atoms with Crippen LogP contribution in [-0.4, -0.2) is 29.2 Å². The molecule has 1 aromatic rings. The predicted octanol–water partition coefficient (Wildman–Crippen LogP) is 3.00. The number of benzene rings is 1. The molecule has 0 spiro atoms. The summed E-state index contributed by atoms with van der Waals surface area (Å²) >= 11 is 1.52. The van der Waals surface area contributed by atoms with Crippen LogP contribution in [-0.2, 0) is 10.5 Å². The molecule has 0 atom stereocenters. The van der Waals surface area contributed by atoms with Crippen LogP contribution in [0.1, 0.15) is 36.2 Å². The molecular formula is C14H18O4S. The Balaban J connectivity index is 2.73. The second-order valence-corrected chi connectivity index (χ2v) is 5.11. The van der Waals surface area contributed by atoms with E-state index in [4.69, 9.17) is 9.84 Å². The van der Waals surface area contributed by atoms with Gasteiger partial charge in [0.25, 0.3) is 0 Å². The van der Waals surface area contributed by atoms with Crippen molar-refractivity contribution in [1.82, 2.24) is 0 Å². The van der Waals surface area contributed by atoms with Gasteiger partial charge in [-0.3, -0.25) is 9.59 Å². The maximum Gasteiger partial charge on any atom is 0.304 e. The van der Waals surface area contributed by atoms with Crippen molar-refractivity contribution >= 4 is 23.5 Å². The molecule has 0 radical (unpaired) electrons. The highest BCUT2D eigenvalue weighted by Crippen LogP contribution is 2.25. The van der Waals surface area contributed by atoms with E-state index in [0.29, 0.717) is 23.7 Å². The Morgan fingerprint density at radius 2 is 2.11 bits per heavy atom. The number of aliphatic carboxylic acids is 1. The molecule has 0 aliphatic carbocycles. The van der Waals surface area contributed by atoms with Crippen LogP contribution in [0.25, 0.3) is 0 Å². The lowest BCUT2D eigenvalue weighted by atomic mass is 10.1. The van der Waals surface area contributed by atoms with Crippen LogP contribution in [0.3, 0.4) is 0 Å². The lowest BCUT2D eigenvalue weighted by Gasteiger charge is -2.11. The van der Waals surface area contributed by atoms with Gasteiger partial charge in [0.05, 0.1) is 13.0 Å². The molecule has 19 heavy (non-hydrogen) atoms. The molecule has 1 N–H and O–H groups in total. The lowest BCUT2D eigenvalue weighted by Crippen LogP contribution is -2.00. The molecule has 0 aliphatic heterocycles. The Morgan fingerprint density at radius 3 is 2.68 bits per heavy atom. The molecule has 0 fully saturated rings. The fourth-order valence-electron chi connectivity index (χ4n) is 1.55. The number of rotatable bonds is 8. The van der Waals surface area contributed by atoms with Crippen molar-refractivity contribution in [2.24, 2.45) is 0 Å². The second kappa shape index (κ2) is 7.84. The van der Waals surface area contributed by atoms with Gasteiger partial charge in [0, 0.05) is 22.6 Å². The van der Waals surface area contributed by atoms with Gasteiger partial charge in [-0.05, 0) is 32.0 Å². The Labute approximate surface area is 117 Å². The summed E-state index contributed by atoms with van der Waals surface area (Å²) in [5.74, 6) is 1.17. The standard InChI is InChI=1S/C14H18O4S/c1-3-18-13-5-4-11(10(2)15)8-12(13)9-19-7-6-14(16)17/h4-5,8H,3,6-7,9H2,1-2H3,(H,16,17). The van der Waals surface area contributed by atoms with E-state index in [1.807, 2.05) is 13.0 Å². The predicted molar refractivity (Wildman–Crippen MR) is 76.0 cm³/mol. The third-order valence-electron chi connectivity index (χ3n) is 2.48. The molecule has 5 heteroatoms. The molecule has 0 saturated carbocycles. The molecule has 1 aromatic carbocycles. The Kier molecular flexibility index (Phi) is 6.42. The number of carboxylic acids is 1. The maximum atomic E-state index is 11.4. The summed E-state index contributed by atoms with van der Waals surface area (Å²) < 4.78 is 5.51. The molecule has 0 aromatic heterocycles. The van der Waals surface area contributed by atoms with Crippen molar-refractivity contribution in [3.63, 3.8) is 0 Å². The van der Waals surface area contributed by atoms with Gasteiger partial charge in [-0.1, -0.05) is 0 Å². The van der Waals surface area contributed by atoms with Crippen molar-refractivity contribution in [1.29, 1.82) is 0 Å². The number of carboxylic acid groups (broad SMARTS) is 1. The fraction of sp³-hybridized carbons (Fsp3) is 0.429. The van der Waals surface area contributed by atoms with Crippen molar-refractivity contribution in [3.05, 3.63) is 29.3 Å². The number of thioether (sulfide) groups is 1. The first-order chi connectivity index (χ1) is 9.04. The Bertz CT molecular complexity index is 457. The molecule has 0 heterocycles. The first-order valence-electron chi connectivity index (χ1n) is 6.10. The normalized spacial score (nSPS) is 10.2. The minimum Gasteiger partial charge on any atom is -0.494 e. The minimum atomic E-state index is -0.796. The highest BCUT2D eigenvalue weighted by atomic mass is 32.2. The van der Waals surface area contributed by atoms with Gasteiger partial charge < -0.3 is 9.84 Å². The summed E-state index contributed by atoms with van der Waals surface area (Å²) in [6.45, 7) is 3.99. The number of carbonyl (C=O) groups excluding carboxylic acids is 1. The summed E-state index contributed by atoms with van der Waals surface area (Å²) in [6, 6.07) is 5.37. The monoisotopic (exact) mass is 282 g/mol.